The molecule has 0 fully saturated rings. The Morgan fingerprint density at radius 3 is 2.61 bits per heavy atom. The number of hydrogen-bond acceptors (Lipinski definition) is 5. The Kier molecular flexibility index (Phi) is 6.13. The molecule has 3 aromatic rings. The van der Waals surface area contributed by atoms with Crippen molar-refractivity contribution in [1.29, 1.82) is 0 Å². The normalized spacial score (nSPS) is 14.4. The number of aryl methyl sites for hydroxylation is 1. The largest absolute Gasteiger partial charge is 0.492 e. The van der Waals surface area contributed by atoms with Crippen molar-refractivity contribution >= 4 is 33.0 Å². The maximum Gasteiger partial charge on any atom is 0.252 e. The number of hydrogen-bond donors (Lipinski definition) is 0. The van der Waals surface area contributed by atoms with Crippen molar-refractivity contribution in [3.05, 3.63) is 76.7 Å². The molecule has 0 atom stereocenters. The third kappa shape index (κ3) is 4.66. The maximum absolute atomic E-state index is 13.0. The molecule has 31 heavy (non-hydrogen) atoms. The van der Waals surface area contributed by atoms with Crippen LogP contribution in [0.4, 0.5) is 5.69 Å². The van der Waals surface area contributed by atoms with E-state index < -0.39 is 10.0 Å². The van der Waals surface area contributed by atoms with E-state index in [1.807, 2.05) is 49.4 Å². The van der Waals surface area contributed by atoms with Crippen LogP contribution in [0.2, 0.25) is 0 Å². The fourth-order valence-corrected chi connectivity index (χ4v) is 6.10. The highest BCUT2D eigenvalue weighted by Gasteiger charge is 2.28. The Balaban J connectivity index is 1.61. The molecule has 0 N–H and O–H groups in total. The van der Waals surface area contributed by atoms with Crippen LogP contribution in [0, 0.1) is 6.92 Å². The van der Waals surface area contributed by atoms with Crippen LogP contribution in [0.5, 0.6) is 5.75 Å². The van der Waals surface area contributed by atoms with Crippen LogP contribution in [0.1, 0.15) is 23.6 Å². The lowest BCUT2D eigenvalue weighted by Gasteiger charge is -2.22. The van der Waals surface area contributed by atoms with Gasteiger partial charge in [0.1, 0.15) is 16.6 Å². The molecule has 1 aromatic heterocycles. The van der Waals surface area contributed by atoms with Crippen molar-refractivity contribution in [3.63, 3.8) is 0 Å². The summed E-state index contributed by atoms with van der Waals surface area (Å²) in [6, 6.07) is 16.9. The molecule has 0 bridgehead atoms. The van der Waals surface area contributed by atoms with Crippen molar-refractivity contribution in [1.82, 2.24) is 4.31 Å². The van der Waals surface area contributed by atoms with Gasteiger partial charge in [0.05, 0.1) is 6.54 Å². The fourth-order valence-electron chi connectivity index (χ4n) is 3.56. The zero-order chi connectivity index (χ0) is 22.0. The first-order valence-corrected chi connectivity index (χ1v) is 12.3. The summed E-state index contributed by atoms with van der Waals surface area (Å²) in [5.74, 6) is 0.620. The second kappa shape index (κ2) is 8.82. The summed E-state index contributed by atoms with van der Waals surface area (Å²) in [5.41, 5.74) is 3.66. The number of ether oxygens (including phenoxy) is 1. The van der Waals surface area contributed by atoms with Gasteiger partial charge < -0.3 is 9.64 Å². The lowest BCUT2D eigenvalue weighted by Crippen LogP contribution is -2.32. The standard InChI is InChI=1S/C23H24N2O4S2/c1-17-5-8-21(9-6-17)25(18(2)26)15-19-7-10-22-20(14-19)16-24(11-12-29-22)31(27,28)23-4-3-13-30-23/h3-10,13-14H,11-12,15-16H2,1-2H3. The van der Waals surface area contributed by atoms with Crippen LogP contribution in [-0.4, -0.2) is 31.8 Å². The summed E-state index contributed by atoms with van der Waals surface area (Å²) in [6.07, 6.45) is 0. The smallest absolute Gasteiger partial charge is 0.252 e. The molecule has 0 spiro atoms. The Bertz CT molecular complexity index is 1170. The molecule has 8 heteroatoms. The van der Waals surface area contributed by atoms with Gasteiger partial charge in [-0.25, -0.2) is 8.42 Å². The Hall–Kier alpha value is -2.68. The van der Waals surface area contributed by atoms with Gasteiger partial charge in [-0.1, -0.05) is 29.8 Å². The van der Waals surface area contributed by atoms with E-state index in [-0.39, 0.29) is 19.0 Å². The Morgan fingerprint density at radius 2 is 1.94 bits per heavy atom. The molecule has 0 radical (unpaired) electrons. The summed E-state index contributed by atoms with van der Waals surface area (Å²) in [4.78, 5) is 14.0. The lowest BCUT2D eigenvalue weighted by molar-refractivity contribution is -0.116. The zero-order valence-corrected chi connectivity index (χ0v) is 19.1. The third-order valence-electron chi connectivity index (χ3n) is 5.23. The van der Waals surface area contributed by atoms with E-state index >= 15 is 0 Å². The average molecular weight is 457 g/mol. The summed E-state index contributed by atoms with van der Waals surface area (Å²) in [5, 5.41) is 1.76. The van der Waals surface area contributed by atoms with Crippen LogP contribution in [0.3, 0.4) is 0 Å². The zero-order valence-electron chi connectivity index (χ0n) is 17.4. The number of rotatable bonds is 5. The number of sulfonamides is 1. The molecule has 6 nitrogen and oxygen atoms in total. The monoisotopic (exact) mass is 456 g/mol. The van der Waals surface area contributed by atoms with E-state index in [1.54, 1.807) is 29.3 Å². The number of carbonyl (C=O) groups is 1. The van der Waals surface area contributed by atoms with Crippen LogP contribution >= 0.6 is 11.3 Å². The van der Waals surface area contributed by atoms with Gasteiger partial charge in [-0.15, -0.1) is 11.3 Å². The summed E-state index contributed by atoms with van der Waals surface area (Å²) >= 11 is 1.21. The van der Waals surface area contributed by atoms with Crippen LogP contribution in [0.15, 0.2) is 64.2 Å². The molecule has 1 aliphatic rings. The molecule has 4 rings (SSSR count). The number of fused-ring (bicyclic) bond motifs is 1. The average Bonchev–Trinajstić information content (AvgIpc) is 3.20. The van der Waals surface area contributed by atoms with E-state index in [4.69, 9.17) is 4.74 Å². The molecule has 162 valence electrons. The number of thiophene rings is 1. The maximum atomic E-state index is 13.0. The Morgan fingerprint density at radius 1 is 1.16 bits per heavy atom. The van der Waals surface area contributed by atoms with Crippen molar-refractivity contribution in [2.45, 2.75) is 31.1 Å². The van der Waals surface area contributed by atoms with E-state index in [0.29, 0.717) is 23.1 Å². The van der Waals surface area contributed by atoms with Crippen molar-refractivity contribution < 1.29 is 17.9 Å². The fraction of sp³-hybridized carbons (Fsp3) is 0.261. The third-order valence-corrected chi connectivity index (χ3v) is 8.44. The molecular weight excluding hydrogens is 432 g/mol. The first-order valence-electron chi connectivity index (χ1n) is 9.97. The molecule has 0 unspecified atom stereocenters. The summed E-state index contributed by atoms with van der Waals surface area (Å²) < 4.78 is 33.6. The summed E-state index contributed by atoms with van der Waals surface area (Å²) in [7, 11) is -3.57. The molecule has 1 aliphatic heterocycles. The highest BCUT2D eigenvalue weighted by Crippen LogP contribution is 2.30. The minimum Gasteiger partial charge on any atom is -0.492 e. The van der Waals surface area contributed by atoms with E-state index in [9.17, 15) is 13.2 Å². The first-order chi connectivity index (χ1) is 14.8. The minimum atomic E-state index is -3.57. The molecule has 0 saturated carbocycles. The quantitative estimate of drug-likeness (QED) is 0.577. The second-order valence-corrected chi connectivity index (χ2v) is 10.6. The highest BCUT2D eigenvalue weighted by molar-refractivity contribution is 7.91. The molecular formula is C23H24N2O4S2. The van der Waals surface area contributed by atoms with Gasteiger partial charge in [0.25, 0.3) is 10.0 Å². The highest BCUT2D eigenvalue weighted by atomic mass is 32.2. The first kappa shape index (κ1) is 21.5. The van der Waals surface area contributed by atoms with Crippen LogP contribution in [-0.2, 0) is 27.9 Å². The number of amides is 1. The molecule has 0 aliphatic carbocycles. The summed E-state index contributed by atoms with van der Waals surface area (Å²) in [6.45, 7) is 4.75. The van der Waals surface area contributed by atoms with E-state index in [1.165, 1.54) is 15.6 Å². The van der Waals surface area contributed by atoms with Gasteiger partial charge in [-0.05, 0) is 48.2 Å². The van der Waals surface area contributed by atoms with Gasteiger partial charge in [0.2, 0.25) is 5.91 Å². The van der Waals surface area contributed by atoms with Crippen LogP contribution in [0.25, 0.3) is 0 Å². The molecule has 1 amide bonds. The van der Waals surface area contributed by atoms with Gasteiger partial charge in [-0.2, -0.15) is 4.31 Å². The number of nitrogens with zero attached hydrogens (tertiary/aromatic N) is 2. The van der Waals surface area contributed by atoms with Crippen molar-refractivity contribution in [3.8, 4) is 5.75 Å². The van der Waals surface area contributed by atoms with Crippen molar-refractivity contribution in [2.75, 3.05) is 18.1 Å². The van der Waals surface area contributed by atoms with Gasteiger partial charge in [0, 0.05) is 31.3 Å². The van der Waals surface area contributed by atoms with Gasteiger partial charge in [-0.3, -0.25) is 4.79 Å². The topological polar surface area (TPSA) is 66.9 Å². The number of carbonyl (C=O) groups excluding carboxylic acids is 1. The van der Waals surface area contributed by atoms with Crippen LogP contribution < -0.4 is 9.64 Å². The predicted molar refractivity (Wildman–Crippen MR) is 122 cm³/mol. The molecule has 2 aromatic carbocycles. The minimum absolute atomic E-state index is 0.0584. The Labute approximate surface area is 186 Å². The van der Waals surface area contributed by atoms with Gasteiger partial charge in [0.15, 0.2) is 0 Å². The number of anilines is 1. The number of benzene rings is 2. The predicted octanol–water partition coefficient (Wildman–Crippen LogP) is 4.19. The molecule has 2 heterocycles. The van der Waals surface area contributed by atoms with E-state index in [2.05, 4.69) is 0 Å². The lowest BCUT2D eigenvalue weighted by atomic mass is 10.1. The SMILES string of the molecule is CC(=O)N(Cc1ccc2c(c1)CN(S(=O)(=O)c1cccs1)CCO2)c1ccc(C)cc1. The van der Waals surface area contributed by atoms with Crippen molar-refractivity contribution in [2.24, 2.45) is 0 Å². The van der Waals surface area contributed by atoms with E-state index in [0.717, 1.165) is 22.4 Å². The van der Waals surface area contributed by atoms with Gasteiger partial charge >= 0.3 is 0 Å². The molecule has 0 saturated heterocycles. The second-order valence-electron chi connectivity index (χ2n) is 7.50.